The first kappa shape index (κ1) is 35.2. The largest absolute Gasteiger partial charge is 0.465 e. The highest BCUT2D eigenvalue weighted by Crippen LogP contribution is 2.40. The van der Waals surface area contributed by atoms with Crippen LogP contribution in [-0.4, -0.2) is 51.6 Å². The van der Waals surface area contributed by atoms with Crippen molar-refractivity contribution in [2.45, 2.75) is 161 Å². The molecule has 2 aliphatic carbocycles. The molecule has 2 saturated carbocycles. The molecule has 3 fully saturated rings. The van der Waals surface area contributed by atoms with Gasteiger partial charge < -0.3 is 23.7 Å². The van der Waals surface area contributed by atoms with Crippen LogP contribution < -0.4 is 0 Å². The van der Waals surface area contributed by atoms with Crippen LogP contribution >= 0.6 is 0 Å². The van der Waals surface area contributed by atoms with Crippen LogP contribution in [-0.2, 0) is 28.5 Å². The van der Waals surface area contributed by atoms with E-state index < -0.39 is 0 Å². The summed E-state index contributed by atoms with van der Waals surface area (Å²) < 4.78 is 23.3. The average Bonchev–Trinajstić information content (AvgIpc) is 3.01. The molecule has 6 heteroatoms. The van der Waals surface area contributed by atoms with Crippen LogP contribution in [0.25, 0.3) is 0 Å². The number of ether oxygens (including phenoxy) is 4. The fourth-order valence-corrected chi connectivity index (χ4v) is 6.77. The van der Waals surface area contributed by atoms with Crippen molar-refractivity contribution in [1.82, 2.24) is 0 Å². The Morgan fingerprint density at radius 1 is 0.650 bits per heavy atom. The van der Waals surface area contributed by atoms with Gasteiger partial charge in [-0.05, 0) is 102 Å². The van der Waals surface area contributed by atoms with Crippen molar-refractivity contribution in [2.75, 3.05) is 26.4 Å². The van der Waals surface area contributed by atoms with Crippen molar-refractivity contribution in [3.05, 3.63) is 0 Å². The highest BCUT2D eigenvalue weighted by molar-refractivity contribution is 5.72. The lowest BCUT2D eigenvalue weighted by atomic mass is 9.70. The summed E-state index contributed by atoms with van der Waals surface area (Å²) in [5.41, 5.74) is 0. The van der Waals surface area contributed by atoms with E-state index in [2.05, 4.69) is 6.92 Å². The maximum atomic E-state index is 12.6. The molecular formula is C34H62O6. The highest BCUT2D eigenvalue weighted by Gasteiger charge is 2.33. The molecular weight excluding hydrogens is 504 g/mol. The zero-order valence-corrected chi connectivity index (χ0v) is 25.9. The number of hydrogen-bond acceptors (Lipinski definition) is 6. The van der Waals surface area contributed by atoms with Gasteiger partial charge in [0.15, 0.2) is 6.29 Å². The predicted octanol–water partition coefficient (Wildman–Crippen LogP) is 8.58. The first-order valence-electron chi connectivity index (χ1n) is 17.1. The molecule has 1 atom stereocenters. The first-order valence-corrected chi connectivity index (χ1v) is 17.1. The Bertz CT molecular complexity index is 591. The Kier molecular flexibility index (Phi) is 20.7. The summed E-state index contributed by atoms with van der Waals surface area (Å²) in [4.78, 5) is 20.6. The van der Waals surface area contributed by atoms with Gasteiger partial charge in [-0.25, -0.2) is 0 Å². The van der Waals surface area contributed by atoms with E-state index in [0.717, 1.165) is 70.2 Å². The van der Waals surface area contributed by atoms with E-state index in [9.17, 15) is 4.79 Å². The Morgan fingerprint density at radius 3 is 1.80 bits per heavy atom. The standard InChI is InChI=1S/C33H60O5.CH2O/c1-2-3-4-5-7-11-24-35-31-22-20-29(21-23-31)28-16-18-30(19-17-28)33(34)38-27-13-9-6-8-12-25-36-32-15-10-14-26-37-32;1-2/h28-32H,2-27H2,1H3;1H2. The predicted molar refractivity (Wildman–Crippen MR) is 161 cm³/mol. The molecule has 1 aliphatic heterocycles. The summed E-state index contributed by atoms with van der Waals surface area (Å²) in [6.07, 6.45) is 27.2. The Hall–Kier alpha value is -0.980. The molecule has 40 heavy (non-hydrogen) atoms. The van der Waals surface area contributed by atoms with E-state index in [1.54, 1.807) is 0 Å². The summed E-state index contributed by atoms with van der Waals surface area (Å²) in [5, 5.41) is 0. The molecule has 6 nitrogen and oxygen atoms in total. The van der Waals surface area contributed by atoms with Gasteiger partial charge in [0, 0.05) is 19.8 Å². The molecule has 1 unspecified atom stereocenters. The summed E-state index contributed by atoms with van der Waals surface area (Å²) in [6.45, 7) is 7.47. The summed E-state index contributed by atoms with van der Waals surface area (Å²) in [6, 6.07) is 0. The quantitative estimate of drug-likeness (QED) is 0.115. The summed E-state index contributed by atoms with van der Waals surface area (Å²) in [5.74, 6) is 1.87. The molecule has 234 valence electrons. The number of rotatable bonds is 19. The van der Waals surface area contributed by atoms with Gasteiger partial charge in [-0.3, -0.25) is 4.79 Å². The van der Waals surface area contributed by atoms with E-state index in [1.807, 2.05) is 6.79 Å². The van der Waals surface area contributed by atoms with E-state index in [4.69, 9.17) is 23.7 Å². The molecule has 0 aromatic heterocycles. The molecule has 0 bridgehead atoms. The van der Waals surface area contributed by atoms with Gasteiger partial charge in [0.2, 0.25) is 0 Å². The first-order chi connectivity index (χ1) is 19.8. The Balaban J connectivity index is 0.00000274. The van der Waals surface area contributed by atoms with E-state index in [1.165, 1.54) is 103 Å². The van der Waals surface area contributed by atoms with Gasteiger partial charge in [0.1, 0.15) is 6.79 Å². The molecule has 0 amide bonds. The number of unbranched alkanes of at least 4 members (excludes halogenated alkanes) is 9. The fraction of sp³-hybridized carbons (Fsp3) is 0.941. The van der Waals surface area contributed by atoms with Gasteiger partial charge in [-0.2, -0.15) is 0 Å². The molecule has 0 radical (unpaired) electrons. The van der Waals surface area contributed by atoms with Crippen molar-refractivity contribution in [3.63, 3.8) is 0 Å². The monoisotopic (exact) mass is 566 g/mol. The Morgan fingerprint density at radius 2 is 1.20 bits per heavy atom. The lowest BCUT2D eigenvalue weighted by Crippen LogP contribution is -2.31. The van der Waals surface area contributed by atoms with Crippen molar-refractivity contribution in [3.8, 4) is 0 Å². The zero-order chi connectivity index (χ0) is 28.7. The maximum absolute atomic E-state index is 12.6. The third kappa shape index (κ3) is 15.3. The molecule has 0 aromatic rings. The van der Waals surface area contributed by atoms with Crippen LogP contribution in [0.2, 0.25) is 0 Å². The molecule has 0 aromatic carbocycles. The second-order valence-electron chi connectivity index (χ2n) is 12.4. The smallest absolute Gasteiger partial charge is 0.308 e. The SMILES string of the molecule is C=O.CCCCCCCCOC1CCC(C2CCC(C(=O)OCCCCCCCOC3CCCCO3)CC2)CC1. The number of carbonyl (C=O) groups is 2. The average molecular weight is 567 g/mol. The Labute approximate surface area is 246 Å². The third-order valence-corrected chi connectivity index (χ3v) is 9.32. The number of hydrogen-bond donors (Lipinski definition) is 0. The van der Waals surface area contributed by atoms with Crippen LogP contribution in [0.5, 0.6) is 0 Å². The zero-order valence-electron chi connectivity index (χ0n) is 25.9. The minimum atomic E-state index is 0.0346. The lowest BCUT2D eigenvalue weighted by molar-refractivity contribution is -0.162. The van der Waals surface area contributed by atoms with Crippen molar-refractivity contribution < 1.29 is 28.5 Å². The van der Waals surface area contributed by atoms with Gasteiger partial charge in [-0.15, -0.1) is 0 Å². The van der Waals surface area contributed by atoms with Crippen molar-refractivity contribution in [1.29, 1.82) is 0 Å². The molecule has 0 N–H and O–H groups in total. The normalized spacial score (nSPS) is 27.0. The fourth-order valence-electron chi connectivity index (χ4n) is 6.77. The van der Waals surface area contributed by atoms with Crippen LogP contribution in [0.4, 0.5) is 0 Å². The topological polar surface area (TPSA) is 71.1 Å². The molecule has 3 aliphatic rings. The number of esters is 1. The van der Waals surface area contributed by atoms with Crippen molar-refractivity contribution >= 4 is 12.8 Å². The second kappa shape index (κ2) is 23.6. The van der Waals surface area contributed by atoms with Gasteiger partial charge in [0.05, 0.1) is 18.6 Å². The van der Waals surface area contributed by atoms with Gasteiger partial charge in [-0.1, -0.05) is 58.3 Å². The van der Waals surface area contributed by atoms with E-state index in [-0.39, 0.29) is 18.2 Å². The molecule has 0 spiro atoms. The van der Waals surface area contributed by atoms with Crippen LogP contribution in [0, 0.1) is 17.8 Å². The lowest BCUT2D eigenvalue weighted by Gasteiger charge is -2.37. The van der Waals surface area contributed by atoms with Crippen molar-refractivity contribution in [2.24, 2.45) is 17.8 Å². The molecule has 1 heterocycles. The van der Waals surface area contributed by atoms with E-state index >= 15 is 0 Å². The second-order valence-corrected chi connectivity index (χ2v) is 12.4. The van der Waals surface area contributed by atoms with Crippen LogP contribution in [0.15, 0.2) is 0 Å². The van der Waals surface area contributed by atoms with Crippen LogP contribution in [0.1, 0.15) is 148 Å². The highest BCUT2D eigenvalue weighted by atomic mass is 16.7. The molecule has 1 saturated heterocycles. The number of carbonyl (C=O) groups excluding carboxylic acids is 2. The minimum Gasteiger partial charge on any atom is -0.465 e. The molecule has 3 rings (SSSR count). The maximum Gasteiger partial charge on any atom is 0.308 e. The summed E-state index contributed by atoms with van der Waals surface area (Å²) in [7, 11) is 0. The van der Waals surface area contributed by atoms with Gasteiger partial charge >= 0.3 is 5.97 Å². The minimum absolute atomic E-state index is 0.0346. The van der Waals surface area contributed by atoms with E-state index in [0.29, 0.717) is 12.7 Å². The summed E-state index contributed by atoms with van der Waals surface area (Å²) >= 11 is 0. The van der Waals surface area contributed by atoms with Crippen LogP contribution in [0.3, 0.4) is 0 Å². The van der Waals surface area contributed by atoms with Gasteiger partial charge in [0.25, 0.3) is 0 Å². The third-order valence-electron chi connectivity index (χ3n) is 9.32.